The molecule has 0 bridgehead atoms. The van der Waals surface area contributed by atoms with Crippen molar-refractivity contribution in [3.8, 4) is 5.75 Å². The highest BCUT2D eigenvalue weighted by atomic mass is 35.5. The Labute approximate surface area is 129 Å². The second-order valence-electron chi connectivity index (χ2n) is 4.37. The number of ether oxygens (including phenoxy) is 1. The van der Waals surface area contributed by atoms with Crippen LogP contribution in [-0.4, -0.2) is 12.5 Å². The SMILES string of the molecule is O=C(COc1ccc(C(F)(F)F)cc1)Nc1cccc(Cl)c1. The first kappa shape index (κ1) is 16.2. The molecule has 0 aromatic heterocycles. The van der Waals surface area contributed by atoms with Crippen molar-refractivity contribution < 1.29 is 22.7 Å². The summed E-state index contributed by atoms with van der Waals surface area (Å²) < 4.78 is 42.3. The maximum Gasteiger partial charge on any atom is 0.416 e. The number of carbonyl (C=O) groups excluding carboxylic acids is 1. The van der Waals surface area contributed by atoms with E-state index in [1.807, 2.05) is 0 Å². The molecule has 2 rings (SSSR count). The van der Waals surface area contributed by atoms with Gasteiger partial charge in [-0.25, -0.2) is 0 Å². The predicted molar refractivity (Wildman–Crippen MR) is 77.0 cm³/mol. The zero-order valence-corrected chi connectivity index (χ0v) is 11.9. The largest absolute Gasteiger partial charge is 0.484 e. The van der Waals surface area contributed by atoms with Gasteiger partial charge in [-0.3, -0.25) is 4.79 Å². The Balaban J connectivity index is 1.88. The van der Waals surface area contributed by atoms with E-state index in [-0.39, 0.29) is 12.4 Å². The fraction of sp³-hybridized carbons (Fsp3) is 0.133. The van der Waals surface area contributed by atoms with Gasteiger partial charge in [-0.2, -0.15) is 13.2 Å². The van der Waals surface area contributed by atoms with Gasteiger partial charge in [0.25, 0.3) is 5.91 Å². The average Bonchev–Trinajstić information content (AvgIpc) is 2.45. The van der Waals surface area contributed by atoms with Gasteiger partial charge in [0.1, 0.15) is 5.75 Å². The Morgan fingerprint density at radius 1 is 1.14 bits per heavy atom. The molecule has 1 N–H and O–H groups in total. The zero-order valence-electron chi connectivity index (χ0n) is 11.2. The first-order valence-corrected chi connectivity index (χ1v) is 6.58. The van der Waals surface area contributed by atoms with Crippen LogP contribution in [0.2, 0.25) is 5.02 Å². The highest BCUT2D eigenvalue weighted by Gasteiger charge is 2.30. The number of nitrogens with one attached hydrogen (secondary N) is 1. The van der Waals surface area contributed by atoms with Crippen molar-refractivity contribution >= 4 is 23.2 Å². The van der Waals surface area contributed by atoms with Crippen LogP contribution in [0.25, 0.3) is 0 Å². The average molecular weight is 330 g/mol. The van der Waals surface area contributed by atoms with Gasteiger partial charge in [0.2, 0.25) is 0 Å². The number of rotatable bonds is 4. The molecule has 1 amide bonds. The number of hydrogen-bond acceptors (Lipinski definition) is 2. The van der Waals surface area contributed by atoms with Crippen LogP contribution in [-0.2, 0) is 11.0 Å². The minimum Gasteiger partial charge on any atom is -0.484 e. The molecule has 0 aliphatic rings. The van der Waals surface area contributed by atoms with E-state index in [1.54, 1.807) is 24.3 Å². The van der Waals surface area contributed by atoms with E-state index in [4.69, 9.17) is 16.3 Å². The Morgan fingerprint density at radius 2 is 1.82 bits per heavy atom. The first-order valence-electron chi connectivity index (χ1n) is 6.20. The molecule has 2 aromatic carbocycles. The topological polar surface area (TPSA) is 38.3 Å². The molecule has 0 atom stereocenters. The maximum atomic E-state index is 12.4. The van der Waals surface area contributed by atoms with E-state index in [1.165, 1.54) is 0 Å². The van der Waals surface area contributed by atoms with Crippen molar-refractivity contribution in [2.75, 3.05) is 11.9 Å². The first-order chi connectivity index (χ1) is 10.3. The minimum absolute atomic E-state index is 0.175. The summed E-state index contributed by atoms with van der Waals surface area (Å²) in [6.07, 6.45) is -4.40. The second kappa shape index (κ2) is 6.70. The summed E-state index contributed by atoms with van der Waals surface area (Å²) in [4.78, 5) is 11.7. The molecule has 0 fully saturated rings. The number of halogens is 4. The van der Waals surface area contributed by atoms with E-state index in [0.29, 0.717) is 10.7 Å². The lowest BCUT2D eigenvalue weighted by Gasteiger charge is -2.09. The van der Waals surface area contributed by atoms with Gasteiger partial charge in [0.05, 0.1) is 5.56 Å². The second-order valence-corrected chi connectivity index (χ2v) is 4.81. The van der Waals surface area contributed by atoms with Crippen LogP contribution in [0.5, 0.6) is 5.75 Å². The van der Waals surface area contributed by atoms with Crippen molar-refractivity contribution in [3.05, 3.63) is 59.1 Å². The maximum absolute atomic E-state index is 12.4. The van der Waals surface area contributed by atoms with Crippen molar-refractivity contribution in [2.45, 2.75) is 6.18 Å². The molecule has 0 heterocycles. The molecule has 7 heteroatoms. The van der Waals surface area contributed by atoms with Gasteiger partial charge in [0.15, 0.2) is 6.61 Å². The standard InChI is InChI=1S/C15H11ClF3NO2/c16-11-2-1-3-12(8-11)20-14(21)9-22-13-6-4-10(5-7-13)15(17,18)19/h1-8H,9H2,(H,20,21). The van der Waals surface area contributed by atoms with E-state index in [0.717, 1.165) is 24.3 Å². The molecule has 2 aromatic rings. The van der Waals surface area contributed by atoms with Crippen LogP contribution in [0.4, 0.5) is 18.9 Å². The van der Waals surface area contributed by atoms with E-state index < -0.39 is 17.6 Å². The minimum atomic E-state index is -4.40. The third kappa shape index (κ3) is 4.66. The highest BCUT2D eigenvalue weighted by Crippen LogP contribution is 2.30. The summed E-state index contributed by atoms with van der Waals surface area (Å²) in [6.45, 7) is -0.322. The van der Waals surface area contributed by atoms with Crippen molar-refractivity contribution in [1.82, 2.24) is 0 Å². The smallest absolute Gasteiger partial charge is 0.416 e. The monoisotopic (exact) mass is 329 g/mol. The zero-order chi connectivity index (χ0) is 16.2. The third-order valence-electron chi connectivity index (χ3n) is 2.66. The van der Waals surface area contributed by atoms with E-state index in [2.05, 4.69) is 5.32 Å². The molecule has 0 saturated heterocycles. The fourth-order valence-corrected chi connectivity index (χ4v) is 1.84. The van der Waals surface area contributed by atoms with E-state index in [9.17, 15) is 18.0 Å². The number of alkyl halides is 3. The van der Waals surface area contributed by atoms with Crippen LogP contribution in [0.15, 0.2) is 48.5 Å². The van der Waals surface area contributed by atoms with Gasteiger partial charge in [-0.1, -0.05) is 17.7 Å². The Morgan fingerprint density at radius 3 is 2.41 bits per heavy atom. The molecular formula is C15H11ClF3NO2. The molecule has 0 aliphatic carbocycles. The number of benzene rings is 2. The van der Waals surface area contributed by atoms with Crippen LogP contribution < -0.4 is 10.1 Å². The third-order valence-corrected chi connectivity index (χ3v) is 2.90. The number of carbonyl (C=O) groups is 1. The molecule has 0 saturated carbocycles. The van der Waals surface area contributed by atoms with Crippen molar-refractivity contribution in [2.24, 2.45) is 0 Å². The lowest BCUT2D eigenvalue weighted by molar-refractivity contribution is -0.137. The quantitative estimate of drug-likeness (QED) is 0.904. The summed E-state index contributed by atoms with van der Waals surface area (Å²) in [5.41, 5.74) is -0.267. The molecular weight excluding hydrogens is 319 g/mol. The highest BCUT2D eigenvalue weighted by molar-refractivity contribution is 6.30. The number of hydrogen-bond donors (Lipinski definition) is 1. The number of amides is 1. The van der Waals surface area contributed by atoms with Crippen LogP contribution >= 0.6 is 11.6 Å². The molecule has 0 radical (unpaired) electrons. The molecule has 22 heavy (non-hydrogen) atoms. The molecule has 0 spiro atoms. The molecule has 0 aliphatic heterocycles. The van der Waals surface area contributed by atoms with Gasteiger partial charge in [0, 0.05) is 10.7 Å². The summed E-state index contributed by atoms with van der Waals surface area (Å²) in [7, 11) is 0. The van der Waals surface area contributed by atoms with Crippen LogP contribution in [0.1, 0.15) is 5.56 Å². The Bertz CT molecular complexity index is 657. The van der Waals surface area contributed by atoms with Crippen LogP contribution in [0, 0.1) is 0 Å². The summed E-state index contributed by atoms with van der Waals surface area (Å²) in [5.74, 6) is -0.267. The van der Waals surface area contributed by atoms with Gasteiger partial charge < -0.3 is 10.1 Å². The predicted octanol–water partition coefficient (Wildman–Crippen LogP) is 4.38. The summed E-state index contributed by atoms with van der Waals surface area (Å²) in [6, 6.07) is 10.7. The lowest BCUT2D eigenvalue weighted by atomic mass is 10.2. The van der Waals surface area contributed by atoms with Crippen LogP contribution in [0.3, 0.4) is 0 Å². The molecule has 3 nitrogen and oxygen atoms in total. The van der Waals surface area contributed by atoms with Crippen molar-refractivity contribution in [1.29, 1.82) is 0 Å². The molecule has 116 valence electrons. The Kier molecular flexibility index (Phi) is 4.92. The summed E-state index contributed by atoms with van der Waals surface area (Å²) in [5, 5.41) is 3.03. The molecule has 0 unspecified atom stereocenters. The van der Waals surface area contributed by atoms with Gasteiger partial charge in [-0.05, 0) is 42.5 Å². The lowest BCUT2D eigenvalue weighted by Crippen LogP contribution is -2.20. The van der Waals surface area contributed by atoms with Crippen molar-refractivity contribution in [3.63, 3.8) is 0 Å². The fourth-order valence-electron chi connectivity index (χ4n) is 1.65. The Hall–Kier alpha value is -2.21. The summed E-state index contributed by atoms with van der Waals surface area (Å²) >= 11 is 5.78. The normalized spacial score (nSPS) is 11.1. The van der Waals surface area contributed by atoms with Gasteiger partial charge >= 0.3 is 6.18 Å². The van der Waals surface area contributed by atoms with E-state index >= 15 is 0 Å². The number of anilines is 1. The van der Waals surface area contributed by atoms with Gasteiger partial charge in [-0.15, -0.1) is 0 Å².